The number of alkyl carbamates (subject to hydrolysis) is 1. The largest absolute Gasteiger partial charge is 0.508 e. The molecular weight excluding hydrogens is 598 g/mol. The summed E-state index contributed by atoms with van der Waals surface area (Å²) < 4.78 is 26.8. The quantitative estimate of drug-likeness (QED) is 0.0605. The number of benzene rings is 1. The summed E-state index contributed by atoms with van der Waals surface area (Å²) >= 11 is 1.49. The van der Waals surface area contributed by atoms with Gasteiger partial charge in [-0.25, -0.2) is 14.4 Å². The van der Waals surface area contributed by atoms with E-state index in [0.29, 0.717) is 29.9 Å². The summed E-state index contributed by atoms with van der Waals surface area (Å²) in [5.74, 6) is -1.37. The first-order valence-electron chi connectivity index (χ1n) is 13.8. The van der Waals surface area contributed by atoms with Crippen molar-refractivity contribution in [3.8, 4) is 0 Å². The molecule has 14 nitrogen and oxygen atoms in total. The monoisotopic (exact) mass is 631 g/mol. The van der Waals surface area contributed by atoms with Crippen LogP contribution in [0.3, 0.4) is 0 Å². The van der Waals surface area contributed by atoms with Gasteiger partial charge in [-0.2, -0.15) is 11.8 Å². The number of thioether (sulfide) groups is 1. The molecule has 0 spiro atoms. The summed E-state index contributed by atoms with van der Waals surface area (Å²) in [6.07, 6.45) is 0.337. The van der Waals surface area contributed by atoms with Crippen LogP contribution in [0.5, 0.6) is 0 Å². The first-order chi connectivity index (χ1) is 21.2. The van der Waals surface area contributed by atoms with Crippen LogP contribution in [0.4, 0.5) is 15.3 Å². The molecule has 0 radical (unpaired) electrons. The summed E-state index contributed by atoms with van der Waals surface area (Å²) in [5, 5.41) is 13.2. The molecule has 5 atom stereocenters. The highest BCUT2D eigenvalue weighted by Gasteiger charge is 2.64. The van der Waals surface area contributed by atoms with Crippen molar-refractivity contribution in [3.05, 3.63) is 76.5 Å². The average molecular weight is 632 g/mol. The number of nitro groups is 1. The van der Waals surface area contributed by atoms with E-state index in [9.17, 15) is 29.3 Å². The third-order valence-electron chi connectivity index (χ3n) is 7.18. The first-order valence-corrected chi connectivity index (χ1v) is 14.9. The Morgan fingerprint density at radius 3 is 2.57 bits per heavy atom. The maximum atomic E-state index is 13.3. The molecule has 0 aromatic heterocycles. The Balaban J connectivity index is 1.37. The van der Waals surface area contributed by atoms with Crippen molar-refractivity contribution in [1.82, 2.24) is 10.2 Å². The number of carbonyl (C=O) groups is 4. The van der Waals surface area contributed by atoms with E-state index < -0.39 is 53.2 Å². The van der Waals surface area contributed by atoms with Crippen molar-refractivity contribution in [2.45, 2.75) is 43.5 Å². The first kappa shape index (κ1) is 32.5. The number of esters is 1. The van der Waals surface area contributed by atoms with Crippen LogP contribution in [0, 0.1) is 16.0 Å². The number of hydrogen-bond donors (Lipinski definition) is 1. The standard InChI is InChI=1S/C29H33N3O11S/c1-4-12-40-27(34)24-22-20(44-15-11-30-28(35)42-16-18-6-8-19(9-7-18)32(37)38)10-14-39-25(22)23-21(26(33)31(23)24)17(3)43-29(36)41-13-5-2/h4-9,17,20-21,23,25H,1-2,10-16H2,3H3,(H,30,35)/t17-,20+,21-,23+,25+/m1/s1. The van der Waals surface area contributed by atoms with Gasteiger partial charge in [-0.1, -0.05) is 25.3 Å². The van der Waals surface area contributed by atoms with Crippen LogP contribution in [-0.4, -0.2) is 89.6 Å². The van der Waals surface area contributed by atoms with E-state index in [1.165, 1.54) is 53.1 Å². The Hall–Kier alpha value is -4.37. The molecule has 0 unspecified atom stereocenters. The van der Waals surface area contributed by atoms with E-state index in [1.807, 2.05) is 0 Å². The Bertz CT molecular complexity index is 1330. The van der Waals surface area contributed by atoms with Crippen molar-refractivity contribution in [3.63, 3.8) is 0 Å². The zero-order valence-corrected chi connectivity index (χ0v) is 24.8. The number of hydrogen-bond acceptors (Lipinski definition) is 12. The summed E-state index contributed by atoms with van der Waals surface area (Å²) in [7, 11) is 0. The molecule has 0 bridgehead atoms. The molecule has 1 aromatic carbocycles. The Labute approximate surface area is 257 Å². The van der Waals surface area contributed by atoms with Gasteiger partial charge >= 0.3 is 18.2 Å². The Morgan fingerprint density at radius 1 is 1.18 bits per heavy atom. The topological polar surface area (TPSA) is 173 Å². The molecule has 2 fully saturated rings. The van der Waals surface area contributed by atoms with Gasteiger partial charge < -0.3 is 29.0 Å². The highest BCUT2D eigenvalue weighted by atomic mass is 32.2. The van der Waals surface area contributed by atoms with Gasteiger partial charge in [-0.05, 0) is 31.0 Å². The van der Waals surface area contributed by atoms with E-state index in [2.05, 4.69) is 18.5 Å². The maximum Gasteiger partial charge on any atom is 0.508 e. The van der Waals surface area contributed by atoms with Crippen LogP contribution in [-0.2, 0) is 39.9 Å². The highest BCUT2D eigenvalue weighted by molar-refractivity contribution is 8.00. The van der Waals surface area contributed by atoms with Gasteiger partial charge in [0, 0.05) is 41.9 Å². The number of fused-ring (bicyclic) bond motifs is 3. The lowest BCUT2D eigenvalue weighted by molar-refractivity contribution is -0.384. The van der Waals surface area contributed by atoms with Crippen LogP contribution in [0.1, 0.15) is 18.9 Å². The summed E-state index contributed by atoms with van der Waals surface area (Å²) in [6, 6.07) is 5.11. The van der Waals surface area contributed by atoms with Crippen molar-refractivity contribution in [2.75, 3.05) is 32.1 Å². The molecule has 0 aliphatic carbocycles. The molecule has 15 heteroatoms. The smallest absolute Gasteiger partial charge is 0.457 e. The van der Waals surface area contributed by atoms with Gasteiger partial charge in [0.25, 0.3) is 5.69 Å². The fourth-order valence-electron chi connectivity index (χ4n) is 5.28. The lowest BCUT2D eigenvalue weighted by Crippen LogP contribution is -2.66. The molecule has 1 aromatic rings. The second kappa shape index (κ2) is 14.9. The number of β-lactam (4-membered cyclic amide) rings is 1. The van der Waals surface area contributed by atoms with Crippen LogP contribution >= 0.6 is 11.8 Å². The van der Waals surface area contributed by atoms with Crippen molar-refractivity contribution in [2.24, 2.45) is 5.92 Å². The molecule has 3 aliphatic rings. The number of amides is 2. The zero-order chi connectivity index (χ0) is 31.8. The van der Waals surface area contributed by atoms with E-state index in [-0.39, 0.29) is 43.0 Å². The fourth-order valence-corrected chi connectivity index (χ4v) is 6.47. The second-order valence-corrected chi connectivity index (χ2v) is 11.3. The molecule has 3 aliphatic heterocycles. The van der Waals surface area contributed by atoms with E-state index in [4.69, 9.17) is 23.7 Å². The fraction of sp³-hybridized carbons (Fsp3) is 0.448. The molecule has 0 saturated carbocycles. The van der Waals surface area contributed by atoms with E-state index >= 15 is 0 Å². The number of ether oxygens (including phenoxy) is 5. The van der Waals surface area contributed by atoms with Gasteiger partial charge in [0.2, 0.25) is 5.91 Å². The number of nitrogens with zero attached hydrogens (tertiary/aromatic N) is 2. The van der Waals surface area contributed by atoms with Crippen LogP contribution in [0.2, 0.25) is 0 Å². The molecule has 2 saturated heterocycles. The van der Waals surface area contributed by atoms with Crippen molar-refractivity contribution in [1.29, 1.82) is 0 Å². The van der Waals surface area contributed by atoms with Crippen molar-refractivity contribution >= 4 is 41.6 Å². The van der Waals surface area contributed by atoms with Gasteiger partial charge in [0.1, 0.15) is 37.7 Å². The minimum absolute atomic E-state index is 0.0400. The molecule has 4 rings (SSSR count). The lowest BCUT2D eigenvalue weighted by Gasteiger charge is -2.47. The molecule has 1 N–H and O–H groups in total. The number of rotatable bonds is 14. The predicted octanol–water partition coefficient (Wildman–Crippen LogP) is 3.26. The molecular formula is C29H33N3O11S. The summed E-state index contributed by atoms with van der Waals surface area (Å²) in [4.78, 5) is 62.3. The minimum Gasteiger partial charge on any atom is -0.457 e. The molecule has 2 amide bonds. The second-order valence-electron chi connectivity index (χ2n) is 9.95. The van der Waals surface area contributed by atoms with Gasteiger partial charge in [-0.3, -0.25) is 19.8 Å². The summed E-state index contributed by atoms with van der Waals surface area (Å²) in [6.45, 7) is 9.12. The van der Waals surface area contributed by atoms with Gasteiger partial charge in [-0.15, -0.1) is 0 Å². The average Bonchev–Trinajstić information content (AvgIpc) is 3.31. The lowest BCUT2D eigenvalue weighted by atomic mass is 9.80. The number of nitrogens with one attached hydrogen (secondary N) is 1. The number of nitro benzene ring substituents is 1. The van der Waals surface area contributed by atoms with E-state index in [1.54, 1.807) is 6.92 Å². The van der Waals surface area contributed by atoms with E-state index in [0.717, 1.165) is 0 Å². The predicted molar refractivity (Wildman–Crippen MR) is 156 cm³/mol. The maximum absolute atomic E-state index is 13.3. The van der Waals surface area contributed by atoms with Crippen LogP contribution in [0.25, 0.3) is 0 Å². The SMILES string of the molecule is C=CCOC(=O)O[C@H](C)[C@H]1C(=O)N2C(C(=O)OCC=C)=C3[C@@H](SCCNC(=O)OCc4ccc([N+](=O)[O-])cc4)CCO[C@@H]3[C@H]12. The van der Waals surface area contributed by atoms with Crippen LogP contribution < -0.4 is 5.32 Å². The normalized spacial score (nSPS) is 22.5. The number of non-ortho nitro benzene ring substituents is 1. The number of carbonyl (C=O) groups excluding carboxylic acids is 4. The molecule has 236 valence electrons. The highest BCUT2D eigenvalue weighted by Crippen LogP contribution is 2.50. The summed E-state index contributed by atoms with van der Waals surface area (Å²) in [5.41, 5.74) is 1.29. The van der Waals surface area contributed by atoms with Crippen LogP contribution in [0.15, 0.2) is 60.8 Å². The van der Waals surface area contributed by atoms with Gasteiger partial charge in [0.15, 0.2) is 0 Å². The third kappa shape index (κ3) is 7.22. The molecule has 44 heavy (non-hydrogen) atoms. The Kier molecular flexibility index (Phi) is 11.0. The van der Waals surface area contributed by atoms with Crippen molar-refractivity contribution < 1.29 is 47.8 Å². The minimum atomic E-state index is -0.933. The Morgan fingerprint density at radius 2 is 1.89 bits per heavy atom. The van der Waals surface area contributed by atoms with Gasteiger partial charge in [0.05, 0.1) is 16.9 Å². The molecule has 3 heterocycles. The zero-order valence-electron chi connectivity index (χ0n) is 24.0. The third-order valence-corrected chi connectivity index (χ3v) is 8.52.